The smallest absolute Gasteiger partial charge is 0.334 e. The lowest BCUT2D eigenvalue weighted by Crippen LogP contribution is -2.45. The van der Waals surface area contributed by atoms with Gasteiger partial charge in [0, 0.05) is 5.41 Å². The predicted octanol–water partition coefficient (Wildman–Crippen LogP) is 3.20. The minimum Gasteiger partial charge on any atom is -0.478 e. The monoisotopic (exact) mass is 286 g/mol. The minimum atomic E-state index is -1.05. The van der Waals surface area contributed by atoms with Crippen molar-refractivity contribution in [1.82, 2.24) is 0 Å². The molecule has 1 aromatic carbocycles. The Kier molecular flexibility index (Phi) is 4.63. The van der Waals surface area contributed by atoms with Crippen molar-refractivity contribution in [2.24, 2.45) is 11.3 Å². The van der Waals surface area contributed by atoms with Crippen LogP contribution in [0.2, 0.25) is 0 Å². The van der Waals surface area contributed by atoms with Gasteiger partial charge in [-0.3, -0.25) is 0 Å². The fraction of sp³-hybridized carbons (Fsp3) is 0.389. The molecule has 3 atom stereocenters. The molecular formula is C18H22O3. The lowest BCUT2D eigenvalue weighted by molar-refractivity contribution is -0.134. The van der Waals surface area contributed by atoms with E-state index in [0.29, 0.717) is 6.42 Å². The first-order chi connectivity index (χ1) is 10.0. The second kappa shape index (κ2) is 6.27. The summed E-state index contributed by atoms with van der Waals surface area (Å²) in [5.41, 5.74) is 0.611. The zero-order valence-electron chi connectivity index (χ0n) is 12.5. The van der Waals surface area contributed by atoms with Crippen molar-refractivity contribution >= 4 is 5.97 Å². The molecule has 0 fully saturated rings. The van der Waals surface area contributed by atoms with Gasteiger partial charge in [-0.2, -0.15) is 0 Å². The Morgan fingerprint density at radius 3 is 2.57 bits per heavy atom. The third-order valence-electron chi connectivity index (χ3n) is 4.62. The molecule has 1 aliphatic carbocycles. The van der Waals surface area contributed by atoms with Gasteiger partial charge in [-0.1, -0.05) is 62.8 Å². The number of benzene rings is 1. The van der Waals surface area contributed by atoms with Crippen molar-refractivity contribution in [3.05, 3.63) is 59.7 Å². The zero-order valence-corrected chi connectivity index (χ0v) is 12.5. The maximum atomic E-state index is 11.4. The molecule has 2 N–H and O–H groups in total. The summed E-state index contributed by atoms with van der Waals surface area (Å²) < 4.78 is 0. The second-order valence-electron chi connectivity index (χ2n) is 5.77. The van der Waals surface area contributed by atoms with Crippen molar-refractivity contribution < 1.29 is 15.0 Å². The zero-order chi connectivity index (χ0) is 15.5. The molecule has 3 unspecified atom stereocenters. The summed E-state index contributed by atoms with van der Waals surface area (Å²) in [5, 5.41) is 20.0. The molecule has 0 saturated carbocycles. The van der Waals surface area contributed by atoms with Crippen LogP contribution in [0.4, 0.5) is 0 Å². The number of rotatable bonds is 5. The van der Waals surface area contributed by atoms with Gasteiger partial charge < -0.3 is 10.2 Å². The molecule has 0 amide bonds. The van der Waals surface area contributed by atoms with E-state index in [9.17, 15) is 15.0 Å². The molecule has 0 saturated heterocycles. The average molecular weight is 286 g/mol. The van der Waals surface area contributed by atoms with E-state index in [-0.39, 0.29) is 11.5 Å². The SMILES string of the molecule is CCC(C)C1(Cc2ccccc2)C=CC=C(C(=O)O)C1O. The van der Waals surface area contributed by atoms with Crippen LogP contribution >= 0.6 is 0 Å². The first-order valence-corrected chi connectivity index (χ1v) is 7.36. The molecule has 1 aromatic rings. The lowest BCUT2D eigenvalue weighted by atomic mass is 9.63. The van der Waals surface area contributed by atoms with Crippen molar-refractivity contribution in [3.63, 3.8) is 0 Å². The molecule has 0 bridgehead atoms. The van der Waals surface area contributed by atoms with Crippen molar-refractivity contribution in [3.8, 4) is 0 Å². The molecule has 0 aromatic heterocycles. The second-order valence-corrected chi connectivity index (χ2v) is 5.77. The number of aliphatic hydroxyl groups is 1. The standard InChI is InChI=1S/C18H22O3/c1-3-13(2)18(12-14-8-5-4-6-9-14)11-7-10-15(16(18)19)17(20)21/h4-11,13,16,19H,3,12H2,1-2H3,(H,20,21). The van der Waals surface area contributed by atoms with Gasteiger partial charge in [0.25, 0.3) is 0 Å². The summed E-state index contributed by atoms with van der Waals surface area (Å²) in [4.78, 5) is 11.4. The molecule has 0 aliphatic heterocycles. The minimum absolute atomic E-state index is 0.0775. The summed E-state index contributed by atoms with van der Waals surface area (Å²) in [6.45, 7) is 4.14. The van der Waals surface area contributed by atoms with Gasteiger partial charge >= 0.3 is 5.97 Å². The van der Waals surface area contributed by atoms with Crippen molar-refractivity contribution in [1.29, 1.82) is 0 Å². The number of aliphatic carboxylic acids is 1. The van der Waals surface area contributed by atoms with Gasteiger partial charge in [0.15, 0.2) is 0 Å². The van der Waals surface area contributed by atoms with Gasteiger partial charge in [-0.25, -0.2) is 4.79 Å². The Labute approximate surface area is 125 Å². The first kappa shape index (κ1) is 15.5. The highest BCUT2D eigenvalue weighted by Crippen LogP contribution is 2.43. The Morgan fingerprint density at radius 1 is 1.33 bits per heavy atom. The highest BCUT2D eigenvalue weighted by Gasteiger charge is 2.44. The highest BCUT2D eigenvalue weighted by molar-refractivity contribution is 5.88. The number of carboxylic acid groups (broad SMARTS) is 1. The fourth-order valence-electron chi connectivity index (χ4n) is 3.08. The molecule has 112 valence electrons. The Morgan fingerprint density at radius 2 is 2.00 bits per heavy atom. The van der Waals surface area contributed by atoms with Crippen LogP contribution in [0.25, 0.3) is 0 Å². The quantitative estimate of drug-likeness (QED) is 0.874. The topological polar surface area (TPSA) is 57.5 Å². The largest absolute Gasteiger partial charge is 0.478 e. The number of carbonyl (C=O) groups is 1. The van der Waals surface area contributed by atoms with Gasteiger partial charge in [-0.15, -0.1) is 0 Å². The maximum absolute atomic E-state index is 11.4. The molecule has 1 aliphatic rings. The molecular weight excluding hydrogens is 264 g/mol. The third kappa shape index (κ3) is 2.93. The van der Waals surface area contributed by atoms with Crippen LogP contribution in [0.15, 0.2) is 54.1 Å². The highest BCUT2D eigenvalue weighted by atomic mass is 16.4. The molecule has 21 heavy (non-hydrogen) atoms. The number of allylic oxidation sites excluding steroid dienone is 2. The predicted molar refractivity (Wildman–Crippen MR) is 82.9 cm³/mol. The maximum Gasteiger partial charge on any atom is 0.334 e. The van der Waals surface area contributed by atoms with Crippen LogP contribution in [0.5, 0.6) is 0 Å². The molecule has 3 heteroatoms. The Hall–Kier alpha value is -1.87. The van der Waals surface area contributed by atoms with Crippen LogP contribution in [-0.2, 0) is 11.2 Å². The molecule has 3 nitrogen and oxygen atoms in total. The summed E-state index contributed by atoms with van der Waals surface area (Å²) in [6, 6.07) is 9.92. The van der Waals surface area contributed by atoms with Crippen molar-refractivity contribution in [2.75, 3.05) is 0 Å². The molecule has 0 radical (unpaired) electrons. The lowest BCUT2D eigenvalue weighted by Gasteiger charge is -2.42. The summed E-state index contributed by atoms with van der Waals surface area (Å²) >= 11 is 0. The van der Waals surface area contributed by atoms with E-state index in [1.54, 1.807) is 6.08 Å². The fourth-order valence-corrected chi connectivity index (χ4v) is 3.08. The van der Waals surface area contributed by atoms with E-state index in [1.807, 2.05) is 36.4 Å². The number of hydrogen-bond acceptors (Lipinski definition) is 2. The molecule has 0 heterocycles. The Balaban J connectivity index is 2.42. The van der Waals surface area contributed by atoms with E-state index >= 15 is 0 Å². The van der Waals surface area contributed by atoms with Crippen LogP contribution in [0.3, 0.4) is 0 Å². The van der Waals surface area contributed by atoms with Gasteiger partial charge in [0.2, 0.25) is 0 Å². The number of hydrogen-bond donors (Lipinski definition) is 2. The number of aliphatic hydroxyl groups excluding tert-OH is 1. The van der Waals surface area contributed by atoms with Gasteiger partial charge in [-0.05, 0) is 24.0 Å². The Bertz CT molecular complexity index is 559. The van der Waals surface area contributed by atoms with Crippen LogP contribution in [0, 0.1) is 11.3 Å². The summed E-state index contributed by atoms with van der Waals surface area (Å²) in [6.07, 6.45) is 5.76. The van der Waals surface area contributed by atoms with E-state index in [0.717, 1.165) is 12.0 Å². The van der Waals surface area contributed by atoms with Crippen molar-refractivity contribution in [2.45, 2.75) is 32.8 Å². The summed E-state index contributed by atoms with van der Waals surface area (Å²) in [5.74, 6) is -0.875. The van der Waals surface area contributed by atoms with Gasteiger partial charge in [0.1, 0.15) is 0 Å². The third-order valence-corrected chi connectivity index (χ3v) is 4.62. The molecule has 0 spiro atoms. The van der Waals surface area contributed by atoms with Crippen LogP contribution < -0.4 is 0 Å². The van der Waals surface area contributed by atoms with E-state index in [4.69, 9.17) is 0 Å². The number of carboxylic acids is 1. The first-order valence-electron chi connectivity index (χ1n) is 7.36. The summed E-state index contributed by atoms with van der Waals surface area (Å²) in [7, 11) is 0. The van der Waals surface area contributed by atoms with E-state index in [2.05, 4.69) is 13.8 Å². The normalized spacial score (nSPS) is 26.2. The van der Waals surface area contributed by atoms with E-state index < -0.39 is 17.5 Å². The van der Waals surface area contributed by atoms with Crippen LogP contribution in [0.1, 0.15) is 25.8 Å². The van der Waals surface area contributed by atoms with Gasteiger partial charge in [0.05, 0.1) is 11.7 Å². The average Bonchev–Trinajstić information content (AvgIpc) is 2.49. The van der Waals surface area contributed by atoms with E-state index in [1.165, 1.54) is 6.08 Å². The molecule has 2 rings (SSSR count). The van der Waals surface area contributed by atoms with Crippen LogP contribution in [-0.4, -0.2) is 22.3 Å².